The molecule has 0 fully saturated rings. The highest BCUT2D eigenvalue weighted by molar-refractivity contribution is 7.16. The Morgan fingerprint density at radius 3 is 1.06 bits per heavy atom. The maximum Gasteiger partial charge on any atom is 0.0526 e. The number of hydrogen-bond donors (Lipinski definition) is 0. The van der Waals surface area contributed by atoms with Crippen molar-refractivity contribution >= 4 is 9.24 Å². The van der Waals surface area contributed by atoms with Crippen LogP contribution >= 0.6 is 9.24 Å². The third kappa shape index (κ3) is 8.38. The maximum absolute atomic E-state index is 2.32. The molecule has 178 valence electrons. The molecule has 3 rings (SSSR count). The SMILES string of the molecule is [Br-].[PH3+]CCCCCCCCCCCCC(c1ccccc1)(c1ccccc1)c1ccccc1. The number of halogens is 1. The molecule has 0 amide bonds. The number of hydrogen-bond acceptors (Lipinski definition) is 0. The standard InChI is InChI=1S/C31H41P.BrH/c32-27-19-8-6-4-2-1-3-5-7-18-26-31(28-20-12-9-13-21-28,29-22-14-10-15-23-29)30-24-16-11-17-25-30;/h9-17,20-25H,1-8,18-19,26-27,32H2;1H. The van der Waals surface area contributed by atoms with Gasteiger partial charge in [0.25, 0.3) is 0 Å². The number of rotatable bonds is 15. The van der Waals surface area contributed by atoms with Gasteiger partial charge in [0.1, 0.15) is 0 Å². The molecule has 0 spiro atoms. The second-order valence-corrected chi connectivity index (χ2v) is 9.85. The van der Waals surface area contributed by atoms with Gasteiger partial charge in [0.2, 0.25) is 0 Å². The molecule has 0 N–H and O–H groups in total. The molecule has 0 aliphatic carbocycles. The fourth-order valence-electron chi connectivity index (χ4n) is 5.08. The van der Waals surface area contributed by atoms with Gasteiger partial charge in [-0.15, -0.1) is 0 Å². The first-order chi connectivity index (χ1) is 15.9. The van der Waals surface area contributed by atoms with Crippen LogP contribution in [0.4, 0.5) is 0 Å². The molecule has 0 saturated heterocycles. The molecule has 0 aliphatic heterocycles. The molecule has 0 aromatic heterocycles. The van der Waals surface area contributed by atoms with E-state index in [4.69, 9.17) is 0 Å². The van der Waals surface area contributed by atoms with Gasteiger partial charge in [-0.1, -0.05) is 142 Å². The maximum atomic E-state index is 2.32. The van der Waals surface area contributed by atoms with Crippen molar-refractivity contribution < 1.29 is 17.0 Å². The molecule has 0 bridgehead atoms. The molecule has 0 saturated carbocycles. The Balaban J connectivity index is 0.00000385. The van der Waals surface area contributed by atoms with Crippen molar-refractivity contribution in [3.63, 3.8) is 0 Å². The van der Waals surface area contributed by atoms with E-state index in [0.29, 0.717) is 0 Å². The molecule has 3 aromatic carbocycles. The lowest BCUT2D eigenvalue weighted by atomic mass is 9.66. The van der Waals surface area contributed by atoms with Crippen molar-refractivity contribution in [1.29, 1.82) is 0 Å². The van der Waals surface area contributed by atoms with Crippen LogP contribution < -0.4 is 17.0 Å². The molecule has 3 aromatic rings. The fourth-order valence-corrected chi connectivity index (χ4v) is 5.44. The summed E-state index contributed by atoms with van der Waals surface area (Å²) in [6.07, 6.45) is 16.4. The summed E-state index contributed by atoms with van der Waals surface area (Å²) in [7, 11) is 2.11. The van der Waals surface area contributed by atoms with E-state index in [1.807, 2.05) is 0 Å². The third-order valence-electron chi connectivity index (χ3n) is 6.85. The van der Waals surface area contributed by atoms with Gasteiger partial charge < -0.3 is 17.0 Å². The van der Waals surface area contributed by atoms with Crippen molar-refractivity contribution in [2.75, 3.05) is 6.16 Å². The Kier molecular flexibility index (Phi) is 13.7. The average molecular weight is 526 g/mol. The molecule has 0 heterocycles. The van der Waals surface area contributed by atoms with Crippen molar-refractivity contribution in [2.45, 2.75) is 76.0 Å². The van der Waals surface area contributed by atoms with Gasteiger partial charge in [-0.05, 0) is 45.2 Å². The Bertz CT molecular complexity index is 751. The molecular weight excluding hydrogens is 483 g/mol. The first kappa shape index (κ1) is 27.8. The van der Waals surface area contributed by atoms with E-state index in [-0.39, 0.29) is 22.4 Å². The minimum absolute atomic E-state index is 0. The fraction of sp³-hybridized carbons (Fsp3) is 0.419. The first-order valence-electron chi connectivity index (χ1n) is 12.8. The Morgan fingerprint density at radius 1 is 0.424 bits per heavy atom. The van der Waals surface area contributed by atoms with E-state index >= 15 is 0 Å². The summed E-state index contributed by atoms with van der Waals surface area (Å²) in [4.78, 5) is 0. The molecule has 0 aliphatic rings. The van der Waals surface area contributed by atoms with Crippen LogP contribution in [-0.2, 0) is 5.41 Å². The zero-order valence-electron chi connectivity index (χ0n) is 20.2. The Hall–Kier alpha value is -1.43. The largest absolute Gasteiger partial charge is 1.00 e. The molecule has 33 heavy (non-hydrogen) atoms. The van der Waals surface area contributed by atoms with Crippen LogP contribution in [-0.4, -0.2) is 6.16 Å². The zero-order valence-corrected chi connectivity index (χ0v) is 23.2. The second kappa shape index (κ2) is 16.2. The summed E-state index contributed by atoms with van der Waals surface area (Å²) >= 11 is 0. The molecule has 0 nitrogen and oxygen atoms in total. The highest BCUT2D eigenvalue weighted by Gasteiger charge is 2.35. The lowest BCUT2D eigenvalue weighted by Gasteiger charge is -2.36. The van der Waals surface area contributed by atoms with E-state index in [1.165, 1.54) is 87.1 Å². The van der Waals surface area contributed by atoms with Crippen molar-refractivity contribution in [2.24, 2.45) is 0 Å². The van der Waals surface area contributed by atoms with Gasteiger partial charge in [0.15, 0.2) is 0 Å². The second-order valence-electron chi connectivity index (χ2n) is 9.14. The third-order valence-corrected chi connectivity index (χ3v) is 7.35. The van der Waals surface area contributed by atoms with Crippen LogP contribution in [0.5, 0.6) is 0 Å². The lowest BCUT2D eigenvalue weighted by molar-refractivity contribution is -0.00000643. The smallest absolute Gasteiger partial charge is 0.0526 e. The van der Waals surface area contributed by atoms with E-state index < -0.39 is 0 Å². The lowest BCUT2D eigenvalue weighted by Crippen LogP contribution is -3.00. The van der Waals surface area contributed by atoms with Gasteiger partial charge >= 0.3 is 0 Å². The van der Waals surface area contributed by atoms with Gasteiger partial charge in [-0.3, -0.25) is 0 Å². The van der Waals surface area contributed by atoms with Gasteiger partial charge in [-0.2, -0.15) is 0 Å². The quantitative estimate of drug-likeness (QED) is 0.131. The average Bonchev–Trinajstić information content (AvgIpc) is 2.87. The van der Waals surface area contributed by atoms with Crippen molar-refractivity contribution in [3.05, 3.63) is 108 Å². The Morgan fingerprint density at radius 2 is 0.727 bits per heavy atom. The van der Waals surface area contributed by atoms with Gasteiger partial charge in [0, 0.05) is 5.41 Å². The van der Waals surface area contributed by atoms with Crippen LogP contribution in [0.25, 0.3) is 0 Å². The molecule has 1 atom stereocenters. The van der Waals surface area contributed by atoms with Crippen LogP contribution in [0, 0.1) is 0 Å². The summed E-state index contributed by atoms with van der Waals surface area (Å²) in [5.74, 6) is 0. The van der Waals surface area contributed by atoms with E-state index in [0.717, 1.165) is 6.42 Å². The van der Waals surface area contributed by atoms with Crippen LogP contribution in [0.3, 0.4) is 0 Å². The summed E-state index contributed by atoms with van der Waals surface area (Å²) in [6, 6.07) is 33.5. The summed E-state index contributed by atoms with van der Waals surface area (Å²) in [6.45, 7) is 0. The molecule has 1 unspecified atom stereocenters. The molecule has 0 radical (unpaired) electrons. The predicted molar refractivity (Wildman–Crippen MR) is 146 cm³/mol. The summed E-state index contributed by atoms with van der Waals surface area (Å²) in [5, 5.41) is 0. The highest BCUT2D eigenvalue weighted by Crippen LogP contribution is 2.43. The topological polar surface area (TPSA) is 0 Å². The normalized spacial score (nSPS) is 11.3. The Labute approximate surface area is 215 Å². The number of benzene rings is 3. The van der Waals surface area contributed by atoms with Gasteiger partial charge in [0.05, 0.1) is 6.16 Å². The predicted octanol–water partition coefficient (Wildman–Crippen LogP) is 5.92. The molecule has 2 heteroatoms. The van der Waals surface area contributed by atoms with E-state index in [9.17, 15) is 0 Å². The van der Waals surface area contributed by atoms with Crippen molar-refractivity contribution in [3.8, 4) is 0 Å². The highest BCUT2D eigenvalue weighted by atomic mass is 79.9. The van der Waals surface area contributed by atoms with E-state index in [1.54, 1.807) is 0 Å². The van der Waals surface area contributed by atoms with E-state index in [2.05, 4.69) is 100 Å². The molecular formula is C31H42BrP. The first-order valence-corrected chi connectivity index (χ1v) is 13.8. The van der Waals surface area contributed by atoms with Gasteiger partial charge in [-0.25, -0.2) is 0 Å². The minimum atomic E-state index is -0.0797. The van der Waals surface area contributed by atoms with Crippen LogP contribution in [0.1, 0.15) is 87.3 Å². The monoisotopic (exact) mass is 524 g/mol. The zero-order chi connectivity index (χ0) is 22.3. The minimum Gasteiger partial charge on any atom is -1.00 e. The van der Waals surface area contributed by atoms with Crippen molar-refractivity contribution in [1.82, 2.24) is 0 Å². The summed E-state index contributed by atoms with van der Waals surface area (Å²) < 4.78 is 0. The summed E-state index contributed by atoms with van der Waals surface area (Å²) in [5.41, 5.74) is 4.14. The van der Waals surface area contributed by atoms with Crippen LogP contribution in [0.15, 0.2) is 91.0 Å². The number of unbranched alkanes of at least 4 members (excludes halogenated alkanes) is 9. The van der Waals surface area contributed by atoms with Crippen LogP contribution in [0.2, 0.25) is 0 Å².